The van der Waals surface area contributed by atoms with Crippen molar-refractivity contribution in [2.45, 2.75) is 51.2 Å². The fourth-order valence-electron chi connectivity index (χ4n) is 3.51. The van der Waals surface area contributed by atoms with Crippen LogP contribution in [0.5, 0.6) is 0 Å². The van der Waals surface area contributed by atoms with E-state index in [1.54, 1.807) is 0 Å². The van der Waals surface area contributed by atoms with E-state index in [4.69, 9.17) is 4.74 Å². The minimum Gasteiger partial charge on any atom is -0.378 e. The van der Waals surface area contributed by atoms with Crippen molar-refractivity contribution in [3.05, 3.63) is 29.8 Å². The molecule has 158 valence electrons. The molecular weight excluding hydrogens is 386 g/mol. The molecule has 0 spiro atoms. The maximum atomic E-state index is 12.4. The first kappa shape index (κ1) is 21.6. The molecule has 3 rings (SSSR count). The van der Waals surface area contributed by atoms with E-state index in [9.17, 15) is 4.79 Å². The number of anilines is 1. The molecule has 0 bridgehead atoms. The molecule has 1 saturated heterocycles. The summed E-state index contributed by atoms with van der Waals surface area (Å²) in [7, 11) is 0. The second kappa shape index (κ2) is 10.6. The van der Waals surface area contributed by atoms with Crippen LogP contribution in [-0.2, 0) is 16.0 Å². The Morgan fingerprint density at radius 2 is 2.00 bits per heavy atom. The number of carbonyl (C=O) groups excluding carboxylic acids is 1. The molecule has 1 amide bonds. The van der Waals surface area contributed by atoms with Crippen molar-refractivity contribution < 1.29 is 9.53 Å². The summed E-state index contributed by atoms with van der Waals surface area (Å²) in [6, 6.07) is 8.50. The topological polar surface area (TPSA) is 72.3 Å². The molecular formula is C21H31N5O2S. The highest BCUT2D eigenvalue weighted by molar-refractivity contribution is 7.99. The van der Waals surface area contributed by atoms with Gasteiger partial charge in [-0.05, 0) is 31.4 Å². The number of benzene rings is 1. The second-order valence-corrected chi connectivity index (χ2v) is 8.19. The van der Waals surface area contributed by atoms with Crippen LogP contribution in [0.25, 0.3) is 5.69 Å². The fraction of sp³-hybridized carbons (Fsp3) is 0.571. The number of hydrogen-bond acceptors (Lipinski definition) is 6. The number of para-hydroxylation sites is 1. The monoisotopic (exact) mass is 417 g/mol. The van der Waals surface area contributed by atoms with Crippen molar-refractivity contribution in [2.24, 2.45) is 0 Å². The number of aryl methyl sites for hydroxylation is 1. The number of amides is 1. The number of rotatable bonds is 9. The van der Waals surface area contributed by atoms with Gasteiger partial charge in [0.2, 0.25) is 11.9 Å². The van der Waals surface area contributed by atoms with Crippen LogP contribution >= 0.6 is 11.8 Å². The van der Waals surface area contributed by atoms with Gasteiger partial charge in [-0.1, -0.05) is 50.2 Å². The van der Waals surface area contributed by atoms with Gasteiger partial charge in [-0.15, -0.1) is 10.2 Å². The molecule has 1 atom stereocenters. The third kappa shape index (κ3) is 5.51. The number of aromatic nitrogens is 3. The Kier molecular flexibility index (Phi) is 7.94. The van der Waals surface area contributed by atoms with Crippen LogP contribution in [0.4, 0.5) is 5.95 Å². The average Bonchev–Trinajstić information content (AvgIpc) is 3.16. The molecule has 0 saturated carbocycles. The summed E-state index contributed by atoms with van der Waals surface area (Å²) in [5, 5.41) is 12.7. The largest absolute Gasteiger partial charge is 0.378 e. The molecule has 0 unspecified atom stereocenters. The summed E-state index contributed by atoms with van der Waals surface area (Å²) in [4.78, 5) is 14.6. The first-order valence-electron chi connectivity index (χ1n) is 10.4. The highest BCUT2D eigenvalue weighted by Crippen LogP contribution is 2.29. The van der Waals surface area contributed by atoms with Crippen molar-refractivity contribution in [2.75, 3.05) is 37.0 Å². The van der Waals surface area contributed by atoms with Crippen molar-refractivity contribution in [3.63, 3.8) is 0 Å². The maximum absolute atomic E-state index is 12.4. The minimum atomic E-state index is 0.0298. The average molecular weight is 418 g/mol. The lowest BCUT2D eigenvalue weighted by molar-refractivity contribution is -0.119. The van der Waals surface area contributed by atoms with E-state index in [1.807, 2.05) is 13.0 Å². The third-order valence-electron chi connectivity index (χ3n) is 4.99. The number of morpholine rings is 1. The molecule has 1 fully saturated rings. The van der Waals surface area contributed by atoms with Crippen molar-refractivity contribution in [1.29, 1.82) is 0 Å². The number of hydrogen-bond donors (Lipinski definition) is 1. The van der Waals surface area contributed by atoms with E-state index >= 15 is 0 Å². The quantitative estimate of drug-likeness (QED) is 0.632. The van der Waals surface area contributed by atoms with Crippen LogP contribution in [0.1, 0.15) is 39.2 Å². The summed E-state index contributed by atoms with van der Waals surface area (Å²) in [6.45, 7) is 9.25. The van der Waals surface area contributed by atoms with Gasteiger partial charge in [0.05, 0.1) is 24.7 Å². The zero-order chi connectivity index (χ0) is 20.6. The number of nitrogens with zero attached hydrogens (tertiary/aromatic N) is 4. The molecule has 1 N–H and O–H groups in total. The van der Waals surface area contributed by atoms with Gasteiger partial charge in [0.1, 0.15) is 0 Å². The van der Waals surface area contributed by atoms with Gasteiger partial charge in [0.25, 0.3) is 0 Å². The Morgan fingerprint density at radius 1 is 1.24 bits per heavy atom. The Balaban J connectivity index is 1.85. The normalized spacial score (nSPS) is 15.3. The number of carbonyl (C=O) groups is 1. The Hall–Kier alpha value is -2.06. The summed E-state index contributed by atoms with van der Waals surface area (Å²) < 4.78 is 7.59. The SMILES string of the molecule is CCC[C@@H](C)NC(=O)CSc1nnc(N2CCOCC2)n1-c1ccccc1CC. The van der Waals surface area contributed by atoms with Crippen LogP contribution in [0.2, 0.25) is 0 Å². The lowest BCUT2D eigenvalue weighted by Gasteiger charge is -2.28. The van der Waals surface area contributed by atoms with Crippen LogP contribution < -0.4 is 10.2 Å². The van der Waals surface area contributed by atoms with Crippen molar-refractivity contribution in [1.82, 2.24) is 20.1 Å². The molecule has 29 heavy (non-hydrogen) atoms. The molecule has 1 aliphatic rings. The smallest absolute Gasteiger partial charge is 0.232 e. The Bertz CT molecular complexity index is 804. The highest BCUT2D eigenvalue weighted by atomic mass is 32.2. The Labute approximate surface area is 177 Å². The van der Waals surface area contributed by atoms with Crippen molar-refractivity contribution >= 4 is 23.6 Å². The predicted octanol–water partition coefficient (Wildman–Crippen LogP) is 3.06. The summed E-state index contributed by atoms with van der Waals surface area (Å²) >= 11 is 1.43. The second-order valence-electron chi connectivity index (χ2n) is 7.25. The zero-order valence-corrected chi connectivity index (χ0v) is 18.4. The first-order chi connectivity index (χ1) is 14.1. The summed E-state index contributed by atoms with van der Waals surface area (Å²) in [5.74, 6) is 1.17. The molecule has 2 heterocycles. The molecule has 2 aromatic rings. The van der Waals surface area contributed by atoms with Gasteiger partial charge in [-0.3, -0.25) is 9.36 Å². The van der Waals surface area contributed by atoms with Gasteiger partial charge in [-0.25, -0.2) is 0 Å². The van der Waals surface area contributed by atoms with Gasteiger partial charge in [-0.2, -0.15) is 0 Å². The lowest BCUT2D eigenvalue weighted by Crippen LogP contribution is -2.38. The number of nitrogens with one attached hydrogen (secondary N) is 1. The molecule has 0 radical (unpaired) electrons. The lowest BCUT2D eigenvalue weighted by atomic mass is 10.1. The van der Waals surface area contributed by atoms with Crippen LogP contribution in [0.15, 0.2) is 29.4 Å². The maximum Gasteiger partial charge on any atom is 0.232 e. The predicted molar refractivity (Wildman–Crippen MR) is 117 cm³/mol. The van der Waals surface area contributed by atoms with E-state index < -0.39 is 0 Å². The number of ether oxygens (including phenoxy) is 1. The molecule has 8 heteroatoms. The van der Waals surface area contributed by atoms with E-state index in [0.29, 0.717) is 19.0 Å². The molecule has 7 nitrogen and oxygen atoms in total. The summed E-state index contributed by atoms with van der Waals surface area (Å²) in [5.41, 5.74) is 2.30. The molecule has 1 aromatic carbocycles. The molecule has 1 aromatic heterocycles. The van der Waals surface area contributed by atoms with Crippen LogP contribution in [-0.4, -0.2) is 58.8 Å². The van der Waals surface area contributed by atoms with Gasteiger partial charge in [0.15, 0.2) is 5.16 Å². The van der Waals surface area contributed by atoms with Gasteiger partial charge >= 0.3 is 0 Å². The van der Waals surface area contributed by atoms with E-state index in [-0.39, 0.29) is 11.9 Å². The first-order valence-corrected chi connectivity index (χ1v) is 11.4. The van der Waals surface area contributed by atoms with E-state index in [1.165, 1.54) is 17.3 Å². The van der Waals surface area contributed by atoms with Crippen molar-refractivity contribution in [3.8, 4) is 5.69 Å². The minimum absolute atomic E-state index is 0.0298. The Morgan fingerprint density at radius 3 is 2.72 bits per heavy atom. The summed E-state index contributed by atoms with van der Waals surface area (Å²) in [6.07, 6.45) is 2.95. The van der Waals surface area contributed by atoms with E-state index in [0.717, 1.165) is 49.1 Å². The fourth-order valence-corrected chi connectivity index (χ4v) is 4.27. The van der Waals surface area contributed by atoms with Crippen LogP contribution in [0.3, 0.4) is 0 Å². The standard InChI is InChI=1S/C21H31N5O2S/c1-4-8-16(3)22-19(27)15-29-21-24-23-20(25-11-13-28-14-12-25)26(21)18-10-7-6-9-17(18)5-2/h6-7,9-10,16H,4-5,8,11-15H2,1-3H3,(H,22,27)/t16-/m1/s1. The number of thioether (sulfide) groups is 1. The third-order valence-corrected chi connectivity index (χ3v) is 5.91. The van der Waals surface area contributed by atoms with Gasteiger partial charge in [0, 0.05) is 19.1 Å². The zero-order valence-electron chi connectivity index (χ0n) is 17.6. The molecule has 1 aliphatic heterocycles. The highest BCUT2D eigenvalue weighted by Gasteiger charge is 2.23. The van der Waals surface area contributed by atoms with Gasteiger partial charge < -0.3 is 15.0 Å². The molecule has 0 aliphatic carbocycles. The van der Waals surface area contributed by atoms with E-state index in [2.05, 4.69) is 57.0 Å². The van der Waals surface area contributed by atoms with Crippen LogP contribution in [0, 0.1) is 0 Å².